The van der Waals surface area contributed by atoms with E-state index in [0.29, 0.717) is 24.0 Å². The van der Waals surface area contributed by atoms with E-state index in [1.54, 1.807) is 12.1 Å². The van der Waals surface area contributed by atoms with Gasteiger partial charge < -0.3 is 0 Å². The summed E-state index contributed by atoms with van der Waals surface area (Å²) in [7, 11) is 0. The van der Waals surface area contributed by atoms with E-state index in [1.807, 2.05) is 18.2 Å². The van der Waals surface area contributed by atoms with Crippen molar-refractivity contribution in [1.29, 1.82) is 0 Å². The first kappa shape index (κ1) is 18.9. The first-order valence-corrected chi connectivity index (χ1v) is 10.4. The normalized spacial score (nSPS) is 26.5. The number of rotatable bonds is 3. The summed E-state index contributed by atoms with van der Waals surface area (Å²) in [5.41, 5.74) is 3.88. The third kappa shape index (κ3) is 3.65. The maximum atomic E-state index is 13.4. The van der Waals surface area contributed by atoms with Crippen LogP contribution in [0.3, 0.4) is 0 Å². The van der Waals surface area contributed by atoms with Crippen molar-refractivity contribution in [3.05, 3.63) is 70.0 Å². The number of hydrogen-bond donors (Lipinski definition) is 0. The lowest BCUT2D eigenvalue weighted by molar-refractivity contribution is 0.0359. The van der Waals surface area contributed by atoms with Crippen LogP contribution >= 0.6 is 11.6 Å². The zero-order valence-electron chi connectivity index (χ0n) is 16.3. The third-order valence-corrected chi connectivity index (χ3v) is 6.56. The van der Waals surface area contributed by atoms with Crippen LogP contribution in [0.5, 0.6) is 0 Å². The van der Waals surface area contributed by atoms with Crippen molar-refractivity contribution in [2.24, 2.45) is 0 Å². The molecule has 1 aliphatic heterocycles. The molecule has 2 aliphatic rings. The van der Waals surface area contributed by atoms with Gasteiger partial charge in [-0.25, -0.2) is 4.39 Å². The van der Waals surface area contributed by atoms with E-state index < -0.39 is 0 Å². The van der Waals surface area contributed by atoms with Crippen LogP contribution in [0.1, 0.15) is 55.8 Å². The van der Waals surface area contributed by atoms with Crippen LogP contribution < -0.4 is 0 Å². The van der Waals surface area contributed by atoms with Crippen LogP contribution in [0, 0.1) is 5.82 Å². The highest BCUT2D eigenvalue weighted by Gasteiger charge is 2.38. The fraction of sp³-hybridized carbons (Fsp3) is 0.478. The summed E-state index contributed by atoms with van der Waals surface area (Å²) in [5, 5.41) is 0.798. The van der Waals surface area contributed by atoms with Crippen molar-refractivity contribution < 1.29 is 4.39 Å². The number of halogens is 2. The van der Waals surface area contributed by atoms with Crippen LogP contribution in [-0.2, 0) is 0 Å². The number of benzene rings is 2. The van der Waals surface area contributed by atoms with E-state index >= 15 is 0 Å². The van der Waals surface area contributed by atoms with E-state index in [9.17, 15) is 4.39 Å². The van der Waals surface area contributed by atoms with Gasteiger partial charge in [-0.3, -0.25) is 9.80 Å². The van der Waals surface area contributed by atoms with Gasteiger partial charge in [0.25, 0.3) is 0 Å². The van der Waals surface area contributed by atoms with Crippen LogP contribution in [-0.4, -0.2) is 41.5 Å². The average Bonchev–Trinajstić information content (AvgIpc) is 3.00. The highest BCUT2D eigenvalue weighted by molar-refractivity contribution is 6.30. The van der Waals surface area contributed by atoms with Crippen molar-refractivity contribution in [3.63, 3.8) is 0 Å². The minimum atomic E-state index is -0.178. The van der Waals surface area contributed by atoms with Gasteiger partial charge in [0.15, 0.2) is 0 Å². The molecule has 1 fully saturated rings. The van der Waals surface area contributed by atoms with Crippen molar-refractivity contribution in [2.45, 2.75) is 51.2 Å². The van der Waals surface area contributed by atoms with E-state index in [-0.39, 0.29) is 5.82 Å². The van der Waals surface area contributed by atoms with Gasteiger partial charge in [0.05, 0.1) is 0 Å². The Morgan fingerprint density at radius 1 is 1.04 bits per heavy atom. The molecule has 0 bridgehead atoms. The molecule has 27 heavy (non-hydrogen) atoms. The van der Waals surface area contributed by atoms with E-state index in [0.717, 1.165) is 31.1 Å². The molecule has 144 valence electrons. The summed E-state index contributed by atoms with van der Waals surface area (Å²) < 4.78 is 13.4. The Kier molecular flexibility index (Phi) is 5.28. The number of fused-ring (bicyclic) bond motifs is 1. The Morgan fingerprint density at radius 3 is 2.44 bits per heavy atom. The third-order valence-electron chi connectivity index (χ3n) is 6.33. The van der Waals surface area contributed by atoms with E-state index in [1.165, 1.54) is 16.7 Å². The fourth-order valence-electron chi connectivity index (χ4n) is 5.04. The van der Waals surface area contributed by atoms with Crippen LogP contribution in [0.25, 0.3) is 0 Å². The Balaban J connectivity index is 1.63. The second kappa shape index (κ2) is 7.54. The smallest absolute Gasteiger partial charge is 0.123 e. The summed E-state index contributed by atoms with van der Waals surface area (Å²) in [4.78, 5) is 5.21. The molecule has 0 aromatic heterocycles. The molecule has 0 radical (unpaired) electrons. The van der Waals surface area contributed by atoms with Crippen LogP contribution in [0.2, 0.25) is 5.02 Å². The van der Waals surface area contributed by atoms with Crippen molar-refractivity contribution in [2.75, 3.05) is 19.6 Å². The first-order valence-electron chi connectivity index (χ1n) is 9.98. The standard InChI is InChI=1S/C23H28ClFN2/c1-15(2)27-11-10-26(14-16(27)3)23-13-21(17-4-7-19(25)8-5-17)20-9-6-18(24)12-22(20)23/h4-9,12,15-16,21,23H,10-11,13-14H2,1-3H3/t16?,21-,23+/m1/s1. The Hall–Kier alpha value is -1.42. The van der Waals surface area contributed by atoms with E-state index in [4.69, 9.17) is 11.6 Å². The summed E-state index contributed by atoms with van der Waals surface area (Å²) in [5.74, 6) is 0.129. The Morgan fingerprint density at radius 2 is 1.78 bits per heavy atom. The molecular formula is C23H28ClFN2. The maximum absolute atomic E-state index is 13.4. The molecule has 2 nitrogen and oxygen atoms in total. The van der Waals surface area contributed by atoms with Crippen LogP contribution in [0.15, 0.2) is 42.5 Å². The van der Waals surface area contributed by atoms with Crippen molar-refractivity contribution in [1.82, 2.24) is 9.80 Å². The summed E-state index contributed by atoms with van der Waals surface area (Å²) in [6.07, 6.45) is 1.04. The van der Waals surface area contributed by atoms with Gasteiger partial charge in [0.1, 0.15) is 5.82 Å². The number of piperazine rings is 1. The molecule has 3 atom stereocenters. The second-order valence-electron chi connectivity index (χ2n) is 8.30. The largest absolute Gasteiger partial charge is 0.296 e. The SMILES string of the molecule is CC(C)N1CCN([C@H]2C[C@H](c3ccc(F)cc3)c3ccc(Cl)cc32)CC1C. The molecule has 2 aromatic carbocycles. The molecular weight excluding hydrogens is 359 g/mol. The quantitative estimate of drug-likeness (QED) is 0.690. The number of hydrogen-bond acceptors (Lipinski definition) is 2. The van der Waals surface area contributed by atoms with Gasteiger partial charge in [-0.1, -0.05) is 29.8 Å². The van der Waals surface area contributed by atoms with Gasteiger partial charge in [-0.2, -0.15) is 0 Å². The van der Waals surface area contributed by atoms with Gasteiger partial charge >= 0.3 is 0 Å². The molecule has 4 rings (SSSR count). The second-order valence-corrected chi connectivity index (χ2v) is 8.74. The highest BCUT2D eigenvalue weighted by Crippen LogP contribution is 2.48. The monoisotopic (exact) mass is 386 g/mol. The molecule has 0 saturated carbocycles. The molecule has 2 aromatic rings. The minimum Gasteiger partial charge on any atom is -0.296 e. The first-order chi connectivity index (χ1) is 12.9. The minimum absolute atomic E-state index is 0.178. The molecule has 0 N–H and O–H groups in total. The molecule has 0 spiro atoms. The van der Waals surface area contributed by atoms with Crippen molar-refractivity contribution >= 4 is 11.6 Å². The molecule has 1 aliphatic carbocycles. The summed E-state index contributed by atoms with van der Waals surface area (Å²) in [6, 6.07) is 14.8. The fourth-order valence-corrected chi connectivity index (χ4v) is 5.22. The molecule has 4 heteroatoms. The summed E-state index contributed by atoms with van der Waals surface area (Å²) >= 11 is 6.36. The van der Waals surface area contributed by atoms with Gasteiger partial charge in [0.2, 0.25) is 0 Å². The highest BCUT2D eigenvalue weighted by atomic mass is 35.5. The lowest BCUT2D eigenvalue weighted by atomic mass is 9.93. The zero-order chi connectivity index (χ0) is 19.1. The topological polar surface area (TPSA) is 6.48 Å². The lowest BCUT2D eigenvalue weighted by Crippen LogP contribution is -2.54. The Bertz CT molecular complexity index is 805. The van der Waals surface area contributed by atoms with Crippen molar-refractivity contribution in [3.8, 4) is 0 Å². The van der Waals surface area contributed by atoms with Crippen LogP contribution in [0.4, 0.5) is 4.39 Å². The lowest BCUT2D eigenvalue weighted by Gasteiger charge is -2.44. The van der Waals surface area contributed by atoms with Gasteiger partial charge in [0, 0.05) is 48.7 Å². The molecule has 1 heterocycles. The zero-order valence-corrected chi connectivity index (χ0v) is 17.1. The average molecular weight is 387 g/mol. The van der Waals surface area contributed by atoms with E-state index in [2.05, 4.69) is 42.7 Å². The van der Waals surface area contributed by atoms with Gasteiger partial charge in [-0.15, -0.1) is 0 Å². The Labute approximate surface area is 166 Å². The predicted molar refractivity (Wildman–Crippen MR) is 110 cm³/mol. The predicted octanol–water partition coefficient (Wildman–Crippen LogP) is 5.47. The molecule has 1 saturated heterocycles. The maximum Gasteiger partial charge on any atom is 0.123 e. The summed E-state index contributed by atoms with van der Waals surface area (Å²) in [6.45, 7) is 10.1. The number of nitrogens with zero attached hydrogens (tertiary/aromatic N) is 2. The molecule has 0 amide bonds. The van der Waals surface area contributed by atoms with Gasteiger partial charge in [-0.05, 0) is 68.1 Å². The molecule has 1 unspecified atom stereocenters.